The Kier molecular flexibility index (Phi) is 5.61. The van der Waals surface area contributed by atoms with Crippen LogP contribution in [-0.4, -0.2) is 65.0 Å². The summed E-state index contributed by atoms with van der Waals surface area (Å²) < 4.78 is 78.8. The van der Waals surface area contributed by atoms with Gasteiger partial charge in [-0.15, -0.1) is 0 Å². The maximum atomic E-state index is 12.9. The molecule has 3 aliphatic heterocycles. The SMILES string of the molecule is Cc1ccc(S(=O)(=O)O[C@@H]2C3OC4O[C@@H]2C(O)[C@H](O4)[C@H]3OS(=O)(=O)c2ccc(C)cc2)cc1. The van der Waals surface area contributed by atoms with Crippen LogP contribution >= 0.6 is 0 Å². The Balaban J connectivity index is 1.44. The molecule has 0 spiro atoms. The van der Waals surface area contributed by atoms with Gasteiger partial charge in [0.25, 0.3) is 26.7 Å². The molecule has 3 unspecified atom stereocenters. The summed E-state index contributed by atoms with van der Waals surface area (Å²) in [6.45, 7) is 2.42. The molecule has 0 amide bonds. The molecule has 12 heteroatoms. The van der Waals surface area contributed by atoms with Crippen LogP contribution in [0.3, 0.4) is 0 Å². The molecule has 3 heterocycles. The summed E-state index contributed by atoms with van der Waals surface area (Å²) >= 11 is 0. The van der Waals surface area contributed by atoms with E-state index in [0.717, 1.165) is 11.1 Å². The summed E-state index contributed by atoms with van der Waals surface area (Å²) in [4.78, 5) is -0.199. The maximum Gasteiger partial charge on any atom is 0.297 e. The van der Waals surface area contributed by atoms with Crippen LogP contribution in [0.5, 0.6) is 0 Å². The molecule has 1 saturated carbocycles. The third-order valence-corrected chi connectivity index (χ3v) is 8.52. The van der Waals surface area contributed by atoms with E-state index >= 15 is 0 Å². The minimum Gasteiger partial charge on any atom is -0.387 e. The molecular weight excluding hydrogens is 476 g/mol. The maximum absolute atomic E-state index is 12.9. The molecule has 2 aromatic carbocycles. The molecule has 3 saturated heterocycles. The zero-order chi connectivity index (χ0) is 23.5. The van der Waals surface area contributed by atoms with Crippen molar-refractivity contribution in [1.29, 1.82) is 0 Å². The van der Waals surface area contributed by atoms with Crippen molar-refractivity contribution in [1.82, 2.24) is 0 Å². The van der Waals surface area contributed by atoms with E-state index in [0.29, 0.717) is 0 Å². The van der Waals surface area contributed by atoms with Crippen LogP contribution < -0.4 is 0 Å². The fourth-order valence-electron chi connectivity index (χ4n) is 4.12. The van der Waals surface area contributed by atoms with E-state index in [1.807, 2.05) is 13.8 Å². The number of rotatable bonds is 6. The van der Waals surface area contributed by atoms with Gasteiger partial charge in [0.15, 0.2) is 0 Å². The lowest BCUT2D eigenvalue weighted by Crippen LogP contribution is -2.76. The zero-order valence-electron chi connectivity index (χ0n) is 17.6. The quantitative estimate of drug-likeness (QED) is 0.575. The van der Waals surface area contributed by atoms with Crippen LogP contribution in [0.25, 0.3) is 0 Å². The first kappa shape index (κ1) is 22.9. The summed E-state index contributed by atoms with van der Waals surface area (Å²) in [6.07, 6.45) is -7.54. The third kappa shape index (κ3) is 4.10. The topological polar surface area (TPSA) is 135 Å². The Morgan fingerprint density at radius 3 is 1.42 bits per heavy atom. The van der Waals surface area contributed by atoms with Gasteiger partial charge in [0.2, 0.25) is 0 Å². The van der Waals surface area contributed by atoms with E-state index in [1.54, 1.807) is 24.3 Å². The van der Waals surface area contributed by atoms with Crippen molar-refractivity contribution in [2.24, 2.45) is 0 Å². The average molecular weight is 499 g/mol. The Labute approximate surface area is 191 Å². The molecule has 7 atom stereocenters. The van der Waals surface area contributed by atoms with Crippen molar-refractivity contribution in [2.75, 3.05) is 0 Å². The number of ether oxygens (including phenoxy) is 3. The van der Waals surface area contributed by atoms with Crippen LogP contribution in [0, 0.1) is 13.8 Å². The number of aliphatic hydroxyl groups excluding tert-OH is 1. The van der Waals surface area contributed by atoms with E-state index in [4.69, 9.17) is 22.6 Å². The highest BCUT2D eigenvalue weighted by molar-refractivity contribution is 7.87. The summed E-state index contributed by atoms with van der Waals surface area (Å²) in [7, 11) is -8.57. The predicted octanol–water partition coefficient (Wildman–Crippen LogP) is 0.992. The van der Waals surface area contributed by atoms with Crippen LogP contribution in [0.15, 0.2) is 58.3 Å². The standard InChI is InChI=1S/C21H22O10S2/c1-11-3-7-13(8-4-11)32(23,24)30-19-16-15(22)17-20(18(19)29-21(27-16)28-17)31-33(25,26)14-9-5-12(2)6-10-14/h3-10,15-22H,1-2H3/t15?,16-,17+,18?,19+,20-,21?. The van der Waals surface area contributed by atoms with Gasteiger partial charge >= 0.3 is 0 Å². The molecule has 0 radical (unpaired) electrons. The van der Waals surface area contributed by atoms with Crippen LogP contribution in [0.2, 0.25) is 0 Å². The van der Waals surface area contributed by atoms with Gasteiger partial charge in [0, 0.05) is 0 Å². The minimum atomic E-state index is -4.29. The monoisotopic (exact) mass is 498 g/mol. The highest BCUT2D eigenvalue weighted by Crippen LogP contribution is 2.44. The van der Waals surface area contributed by atoms with Gasteiger partial charge in [-0.3, -0.25) is 8.37 Å². The molecule has 1 N–H and O–H groups in total. The molecule has 4 aliphatic rings. The molecule has 6 rings (SSSR count). The van der Waals surface area contributed by atoms with Crippen LogP contribution in [0.1, 0.15) is 11.1 Å². The lowest BCUT2D eigenvalue weighted by molar-refractivity contribution is -0.476. The summed E-state index contributed by atoms with van der Waals surface area (Å²) in [6, 6.07) is 12.0. The lowest BCUT2D eigenvalue weighted by atomic mass is 9.83. The summed E-state index contributed by atoms with van der Waals surface area (Å²) in [5.41, 5.74) is 1.72. The molecular formula is C21H22O10S2. The van der Waals surface area contributed by atoms with Crippen molar-refractivity contribution in [3.8, 4) is 0 Å². The Hall–Kier alpha value is -1.90. The molecule has 4 fully saturated rings. The number of benzene rings is 2. The highest BCUT2D eigenvalue weighted by Gasteiger charge is 2.64. The van der Waals surface area contributed by atoms with E-state index in [9.17, 15) is 21.9 Å². The molecule has 1 aliphatic carbocycles. The normalized spacial score (nSPS) is 33.4. The number of aliphatic hydroxyl groups is 1. The van der Waals surface area contributed by atoms with Gasteiger partial charge in [-0.2, -0.15) is 16.8 Å². The molecule has 10 nitrogen and oxygen atoms in total. The Morgan fingerprint density at radius 2 is 1.03 bits per heavy atom. The summed E-state index contributed by atoms with van der Waals surface area (Å²) in [5.74, 6) is 0. The van der Waals surface area contributed by atoms with Gasteiger partial charge in [0.1, 0.15) is 36.6 Å². The second kappa shape index (κ2) is 8.10. The van der Waals surface area contributed by atoms with Crippen molar-refractivity contribution in [3.63, 3.8) is 0 Å². The highest BCUT2D eigenvalue weighted by atomic mass is 32.2. The number of hydrogen-bond donors (Lipinski definition) is 1. The fourth-order valence-corrected chi connectivity index (χ4v) is 6.31. The Morgan fingerprint density at radius 1 is 0.667 bits per heavy atom. The first-order valence-corrected chi connectivity index (χ1v) is 13.0. The van der Waals surface area contributed by atoms with Gasteiger partial charge in [-0.05, 0) is 38.1 Å². The first-order valence-electron chi connectivity index (χ1n) is 10.2. The molecule has 33 heavy (non-hydrogen) atoms. The van der Waals surface area contributed by atoms with Gasteiger partial charge in [-0.25, -0.2) is 0 Å². The average Bonchev–Trinajstić information content (AvgIpc) is 2.76. The van der Waals surface area contributed by atoms with Gasteiger partial charge in [-0.1, -0.05) is 35.4 Å². The van der Waals surface area contributed by atoms with Crippen molar-refractivity contribution in [2.45, 2.75) is 66.7 Å². The first-order chi connectivity index (χ1) is 15.5. The Bertz CT molecular complexity index is 1150. The number of hydrogen-bond acceptors (Lipinski definition) is 10. The van der Waals surface area contributed by atoms with Crippen molar-refractivity contribution < 1.29 is 44.5 Å². The fraction of sp³-hybridized carbons (Fsp3) is 0.429. The summed E-state index contributed by atoms with van der Waals surface area (Å²) in [5, 5.41) is 10.7. The van der Waals surface area contributed by atoms with Crippen molar-refractivity contribution >= 4 is 20.2 Å². The predicted molar refractivity (Wildman–Crippen MR) is 111 cm³/mol. The lowest BCUT2D eigenvalue weighted by Gasteiger charge is -2.56. The van der Waals surface area contributed by atoms with E-state index in [2.05, 4.69) is 0 Å². The molecule has 2 aromatic rings. The molecule has 0 aromatic heterocycles. The van der Waals surface area contributed by atoms with E-state index < -0.39 is 63.3 Å². The largest absolute Gasteiger partial charge is 0.387 e. The second-order valence-corrected chi connectivity index (χ2v) is 11.4. The number of aryl methyl sites for hydroxylation is 2. The van der Waals surface area contributed by atoms with E-state index in [1.165, 1.54) is 24.3 Å². The smallest absolute Gasteiger partial charge is 0.297 e. The molecule has 178 valence electrons. The minimum absolute atomic E-state index is 0.0996. The van der Waals surface area contributed by atoms with Crippen molar-refractivity contribution in [3.05, 3.63) is 59.7 Å². The van der Waals surface area contributed by atoms with Gasteiger partial charge < -0.3 is 19.3 Å². The third-order valence-electron chi connectivity index (χ3n) is 5.87. The van der Waals surface area contributed by atoms with Crippen LogP contribution in [-0.2, 0) is 42.8 Å². The van der Waals surface area contributed by atoms with E-state index in [-0.39, 0.29) is 9.79 Å². The molecule has 4 bridgehead atoms. The zero-order valence-corrected chi connectivity index (χ0v) is 19.2. The van der Waals surface area contributed by atoms with Crippen LogP contribution in [0.4, 0.5) is 0 Å². The second-order valence-electron chi connectivity index (χ2n) is 8.24. The van der Waals surface area contributed by atoms with Gasteiger partial charge in [0.05, 0.1) is 9.79 Å².